The van der Waals surface area contributed by atoms with Crippen molar-refractivity contribution in [3.8, 4) is 5.75 Å². The Labute approximate surface area is 114 Å². The van der Waals surface area contributed by atoms with Gasteiger partial charge in [-0.25, -0.2) is 4.79 Å². The highest BCUT2D eigenvalue weighted by atomic mass is 16.5. The molecule has 0 aliphatic rings. The predicted octanol–water partition coefficient (Wildman–Crippen LogP) is 2.93. The summed E-state index contributed by atoms with van der Waals surface area (Å²) in [5.74, 6) is -0.227. The maximum atomic E-state index is 10.7. The number of aromatic carboxylic acids is 1. The molecule has 106 valence electrons. The molecule has 0 aliphatic carbocycles. The molecule has 0 radical (unpaired) electrons. The van der Waals surface area contributed by atoms with Crippen molar-refractivity contribution in [3.05, 3.63) is 29.8 Å². The van der Waals surface area contributed by atoms with Crippen LogP contribution in [0.1, 0.15) is 44.0 Å². The fourth-order valence-corrected chi connectivity index (χ4v) is 1.97. The molecule has 2 N–H and O–H groups in total. The molecule has 0 fully saturated rings. The van der Waals surface area contributed by atoms with Crippen LogP contribution in [0.15, 0.2) is 24.3 Å². The molecular formula is C15H23NO3. The van der Waals surface area contributed by atoms with Crippen LogP contribution < -0.4 is 10.1 Å². The molecule has 0 saturated carbocycles. The fourth-order valence-electron chi connectivity index (χ4n) is 1.97. The van der Waals surface area contributed by atoms with E-state index in [-0.39, 0.29) is 11.1 Å². The number of rotatable bonds is 8. The largest absolute Gasteiger partial charge is 0.492 e. The third kappa shape index (κ3) is 5.75. The first-order valence-electron chi connectivity index (χ1n) is 6.66. The quantitative estimate of drug-likeness (QED) is 0.710. The van der Waals surface area contributed by atoms with Crippen LogP contribution in [-0.2, 0) is 0 Å². The van der Waals surface area contributed by atoms with Gasteiger partial charge in [0.25, 0.3) is 0 Å². The number of hydrogen-bond acceptors (Lipinski definition) is 3. The summed E-state index contributed by atoms with van der Waals surface area (Å²) >= 11 is 0. The smallest absolute Gasteiger partial charge is 0.335 e. The summed E-state index contributed by atoms with van der Waals surface area (Å²) in [4.78, 5) is 10.7. The van der Waals surface area contributed by atoms with Crippen molar-refractivity contribution in [1.82, 2.24) is 5.32 Å². The number of ether oxygens (including phenoxy) is 1. The summed E-state index contributed by atoms with van der Waals surface area (Å²) in [5.41, 5.74) is 0.403. The Morgan fingerprint density at radius 3 is 2.47 bits per heavy atom. The van der Waals surface area contributed by atoms with E-state index in [1.165, 1.54) is 0 Å². The topological polar surface area (TPSA) is 58.6 Å². The first-order valence-corrected chi connectivity index (χ1v) is 6.66. The number of carbonyl (C=O) groups is 1. The van der Waals surface area contributed by atoms with Crippen LogP contribution in [0.2, 0.25) is 0 Å². The Bertz CT molecular complexity index is 398. The van der Waals surface area contributed by atoms with Crippen LogP contribution in [0.5, 0.6) is 5.75 Å². The van der Waals surface area contributed by atoms with E-state index in [4.69, 9.17) is 9.84 Å². The summed E-state index contributed by atoms with van der Waals surface area (Å²) in [6.07, 6.45) is 2.28. The van der Waals surface area contributed by atoms with E-state index in [1.54, 1.807) is 24.3 Å². The van der Waals surface area contributed by atoms with Crippen molar-refractivity contribution in [2.24, 2.45) is 0 Å². The van der Waals surface area contributed by atoms with Gasteiger partial charge in [0.05, 0.1) is 5.56 Å². The Morgan fingerprint density at radius 1 is 1.32 bits per heavy atom. The summed E-state index contributed by atoms with van der Waals surface area (Å²) in [7, 11) is 0. The van der Waals surface area contributed by atoms with Gasteiger partial charge in [-0.15, -0.1) is 0 Å². The fraction of sp³-hybridized carbons (Fsp3) is 0.533. The monoisotopic (exact) mass is 265 g/mol. The van der Waals surface area contributed by atoms with E-state index in [0.29, 0.717) is 12.4 Å². The van der Waals surface area contributed by atoms with E-state index < -0.39 is 5.97 Å². The highest BCUT2D eigenvalue weighted by Gasteiger charge is 2.14. The molecule has 0 bridgehead atoms. The highest BCUT2D eigenvalue weighted by molar-refractivity contribution is 5.87. The molecule has 1 aromatic carbocycles. The van der Waals surface area contributed by atoms with Crippen LogP contribution >= 0.6 is 0 Å². The third-order valence-corrected chi connectivity index (χ3v) is 2.95. The average molecular weight is 265 g/mol. The molecule has 0 heterocycles. The third-order valence-electron chi connectivity index (χ3n) is 2.95. The number of nitrogens with one attached hydrogen (secondary N) is 1. The first kappa shape index (κ1) is 15.5. The molecule has 1 rings (SSSR count). The SMILES string of the molecule is CCCC(C)(C)NCCOc1ccc(C(=O)O)cc1. The summed E-state index contributed by atoms with van der Waals surface area (Å²) in [6.45, 7) is 7.87. The molecule has 0 aromatic heterocycles. The second-order valence-electron chi connectivity index (χ2n) is 5.24. The Hall–Kier alpha value is -1.55. The minimum absolute atomic E-state index is 0.130. The normalized spacial score (nSPS) is 11.3. The zero-order valence-electron chi connectivity index (χ0n) is 11.9. The van der Waals surface area contributed by atoms with E-state index in [0.717, 1.165) is 19.4 Å². The lowest BCUT2D eigenvalue weighted by Crippen LogP contribution is -2.41. The summed E-state index contributed by atoms with van der Waals surface area (Å²) in [6, 6.07) is 6.46. The Kier molecular flexibility index (Phi) is 5.83. The molecule has 0 aliphatic heterocycles. The minimum atomic E-state index is -0.922. The molecule has 1 aromatic rings. The van der Waals surface area contributed by atoms with E-state index >= 15 is 0 Å². The van der Waals surface area contributed by atoms with Gasteiger partial charge in [-0.1, -0.05) is 13.3 Å². The molecule has 0 saturated heterocycles. The van der Waals surface area contributed by atoms with Crippen LogP contribution in [0.3, 0.4) is 0 Å². The summed E-state index contributed by atoms with van der Waals surface area (Å²) in [5, 5.41) is 12.2. The van der Waals surface area contributed by atoms with E-state index in [1.807, 2.05) is 0 Å². The molecule has 4 heteroatoms. The molecule has 0 unspecified atom stereocenters. The number of carboxylic acid groups (broad SMARTS) is 1. The van der Waals surface area contributed by atoms with Crippen LogP contribution in [0, 0.1) is 0 Å². The van der Waals surface area contributed by atoms with Crippen molar-refractivity contribution < 1.29 is 14.6 Å². The summed E-state index contributed by atoms with van der Waals surface area (Å²) < 4.78 is 5.56. The van der Waals surface area contributed by atoms with Gasteiger partial charge in [0.2, 0.25) is 0 Å². The van der Waals surface area contributed by atoms with Crippen LogP contribution in [0.25, 0.3) is 0 Å². The van der Waals surface area contributed by atoms with Crippen molar-refractivity contribution >= 4 is 5.97 Å². The second-order valence-corrected chi connectivity index (χ2v) is 5.24. The van der Waals surface area contributed by atoms with Crippen molar-refractivity contribution in [3.63, 3.8) is 0 Å². The van der Waals surface area contributed by atoms with Gasteiger partial charge in [0.1, 0.15) is 12.4 Å². The molecular weight excluding hydrogens is 242 g/mol. The Morgan fingerprint density at radius 2 is 1.95 bits per heavy atom. The van der Waals surface area contributed by atoms with Gasteiger partial charge < -0.3 is 15.2 Å². The lowest BCUT2D eigenvalue weighted by Gasteiger charge is -2.25. The van der Waals surface area contributed by atoms with Gasteiger partial charge in [-0.2, -0.15) is 0 Å². The standard InChI is InChI=1S/C15H23NO3/c1-4-9-15(2,3)16-10-11-19-13-7-5-12(6-8-13)14(17)18/h5-8,16H,4,9-11H2,1-3H3,(H,17,18). The maximum absolute atomic E-state index is 10.7. The van der Waals surface area contributed by atoms with Gasteiger partial charge in [0, 0.05) is 12.1 Å². The highest BCUT2D eigenvalue weighted by Crippen LogP contribution is 2.13. The second kappa shape index (κ2) is 7.14. The number of carboxylic acids is 1. The molecule has 0 amide bonds. The zero-order valence-corrected chi connectivity index (χ0v) is 11.9. The predicted molar refractivity (Wildman–Crippen MR) is 75.9 cm³/mol. The zero-order chi connectivity index (χ0) is 14.3. The van der Waals surface area contributed by atoms with Gasteiger partial charge in [0.15, 0.2) is 0 Å². The number of hydrogen-bond donors (Lipinski definition) is 2. The van der Waals surface area contributed by atoms with Crippen molar-refractivity contribution in [2.75, 3.05) is 13.2 Å². The maximum Gasteiger partial charge on any atom is 0.335 e. The van der Waals surface area contributed by atoms with Crippen LogP contribution in [0.4, 0.5) is 0 Å². The lowest BCUT2D eigenvalue weighted by atomic mass is 9.99. The molecule has 0 spiro atoms. The lowest BCUT2D eigenvalue weighted by molar-refractivity contribution is 0.0697. The molecule has 4 nitrogen and oxygen atoms in total. The van der Waals surface area contributed by atoms with Crippen LogP contribution in [-0.4, -0.2) is 29.8 Å². The van der Waals surface area contributed by atoms with E-state index in [2.05, 4.69) is 26.1 Å². The molecule has 0 atom stereocenters. The van der Waals surface area contributed by atoms with Gasteiger partial charge in [-0.3, -0.25) is 0 Å². The average Bonchev–Trinajstić information content (AvgIpc) is 2.35. The molecule has 19 heavy (non-hydrogen) atoms. The van der Waals surface area contributed by atoms with Crippen molar-refractivity contribution in [2.45, 2.75) is 39.2 Å². The van der Waals surface area contributed by atoms with E-state index in [9.17, 15) is 4.79 Å². The van der Waals surface area contributed by atoms with Gasteiger partial charge in [-0.05, 0) is 44.5 Å². The first-order chi connectivity index (χ1) is 8.94. The minimum Gasteiger partial charge on any atom is -0.492 e. The Balaban J connectivity index is 2.31. The number of benzene rings is 1. The van der Waals surface area contributed by atoms with Crippen molar-refractivity contribution in [1.29, 1.82) is 0 Å². The van der Waals surface area contributed by atoms with Gasteiger partial charge >= 0.3 is 5.97 Å².